The van der Waals surface area contributed by atoms with Crippen molar-refractivity contribution in [3.8, 4) is 22.9 Å². The fourth-order valence-corrected chi connectivity index (χ4v) is 2.74. The maximum atomic E-state index is 13.7. The van der Waals surface area contributed by atoms with E-state index in [1.807, 2.05) is 24.3 Å². The second-order valence-electron chi connectivity index (χ2n) is 5.67. The summed E-state index contributed by atoms with van der Waals surface area (Å²) in [5.74, 6) is -0.448. The molecule has 134 valence electrons. The third kappa shape index (κ3) is 4.93. The Morgan fingerprint density at radius 1 is 1.04 bits per heavy atom. The van der Waals surface area contributed by atoms with Crippen molar-refractivity contribution in [2.24, 2.45) is 0 Å². The maximum absolute atomic E-state index is 13.7. The Bertz CT molecular complexity index is 996. The van der Waals surface area contributed by atoms with Gasteiger partial charge in [-0.15, -0.1) is 0 Å². The van der Waals surface area contributed by atoms with Crippen LogP contribution in [0.5, 0.6) is 5.75 Å². The highest BCUT2D eigenvalue weighted by Crippen LogP contribution is 2.23. The summed E-state index contributed by atoms with van der Waals surface area (Å²) in [5.41, 5.74) is 2.65. The van der Waals surface area contributed by atoms with Crippen LogP contribution in [-0.2, 0) is 4.79 Å². The van der Waals surface area contributed by atoms with Gasteiger partial charge in [0.1, 0.15) is 11.6 Å². The van der Waals surface area contributed by atoms with Gasteiger partial charge in [0.05, 0.1) is 17.3 Å². The summed E-state index contributed by atoms with van der Waals surface area (Å²) in [6, 6.07) is 21.0. The minimum Gasteiger partial charge on any atom is -0.484 e. The van der Waals surface area contributed by atoms with Crippen molar-refractivity contribution in [3.05, 3.63) is 82.6 Å². The lowest BCUT2D eigenvalue weighted by atomic mass is 10.0. The van der Waals surface area contributed by atoms with Crippen molar-refractivity contribution in [3.63, 3.8) is 0 Å². The molecule has 4 nitrogen and oxygen atoms in total. The summed E-state index contributed by atoms with van der Waals surface area (Å²) in [5, 5.41) is 11.3. The van der Waals surface area contributed by atoms with E-state index in [9.17, 15) is 9.18 Å². The van der Waals surface area contributed by atoms with Crippen LogP contribution in [0.4, 0.5) is 10.1 Å². The standard InChI is InChI=1S/C21H14BrFN2O2/c22-17-7-10-20(19(23)11-17)25-21(26)13-27-18-8-5-16(6-9-18)15-3-1-14(12-24)2-4-15/h1-11H,13H2,(H,25,26). The number of hydrogen-bond acceptors (Lipinski definition) is 3. The molecule has 0 aromatic heterocycles. The summed E-state index contributed by atoms with van der Waals surface area (Å²) in [7, 11) is 0. The highest BCUT2D eigenvalue weighted by atomic mass is 79.9. The van der Waals surface area contributed by atoms with Crippen molar-refractivity contribution in [2.45, 2.75) is 0 Å². The number of ether oxygens (including phenoxy) is 1. The minimum atomic E-state index is -0.524. The summed E-state index contributed by atoms with van der Waals surface area (Å²) in [6.07, 6.45) is 0. The molecule has 0 spiro atoms. The monoisotopic (exact) mass is 424 g/mol. The van der Waals surface area contributed by atoms with E-state index < -0.39 is 11.7 Å². The van der Waals surface area contributed by atoms with Crippen molar-refractivity contribution in [1.82, 2.24) is 0 Å². The molecule has 1 N–H and O–H groups in total. The third-order valence-corrected chi connectivity index (χ3v) is 4.27. The Labute approximate surface area is 164 Å². The van der Waals surface area contributed by atoms with E-state index >= 15 is 0 Å². The lowest BCUT2D eigenvalue weighted by Crippen LogP contribution is -2.20. The van der Waals surface area contributed by atoms with Gasteiger partial charge in [0.15, 0.2) is 6.61 Å². The molecule has 0 aliphatic rings. The van der Waals surface area contributed by atoms with Crippen LogP contribution >= 0.6 is 15.9 Å². The Hall–Kier alpha value is -3.17. The Morgan fingerprint density at radius 2 is 1.67 bits per heavy atom. The molecule has 0 fully saturated rings. The molecule has 0 bridgehead atoms. The number of carbonyl (C=O) groups is 1. The molecule has 0 saturated carbocycles. The van der Waals surface area contributed by atoms with Gasteiger partial charge in [-0.1, -0.05) is 40.2 Å². The normalized spacial score (nSPS) is 10.1. The molecular weight excluding hydrogens is 411 g/mol. The molecule has 27 heavy (non-hydrogen) atoms. The molecule has 0 unspecified atom stereocenters. The summed E-state index contributed by atoms with van der Waals surface area (Å²) in [6.45, 7) is -0.230. The smallest absolute Gasteiger partial charge is 0.262 e. The predicted octanol–water partition coefficient (Wildman–Crippen LogP) is 5.14. The molecule has 1 amide bonds. The van der Waals surface area contributed by atoms with Gasteiger partial charge in [0, 0.05) is 4.47 Å². The number of anilines is 1. The van der Waals surface area contributed by atoms with E-state index in [1.165, 1.54) is 12.1 Å². The first-order valence-corrected chi connectivity index (χ1v) is 8.83. The highest BCUT2D eigenvalue weighted by Gasteiger charge is 2.08. The van der Waals surface area contributed by atoms with E-state index in [0.29, 0.717) is 15.8 Å². The van der Waals surface area contributed by atoms with Gasteiger partial charge in [0.25, 0.3) is 5.91 Å². The first-order chi connectivity index (χ1) is 13.0. The van der Waals surface area contributed by atoms with Crippen LogP contribution < -0.4 is 10.1 Å². The average molecular weight is 425 g/mol. The molecule has 3 rings (SSSR count). The quantitative estimate of drug-likeness (QED) is 0.616. The molecular formula is C21H14BrFN2O2. The van der Waals surface area contributed by atoms with Gasteiger partial charge >= 0.3 is 0 Å². The zero-order valence-electron chi connectivity index (χ0n) is 14.1. The topological polar surface area (TPSA) is 62.1 Å². The lowest BCUT2D eigenvalue weighted by Gasteiger charge is -2.09. The van der Waals surface area contributed by atoms with Crippen LogP contribution in [-0.4, -0.2) is 12.5 Å². The van der Waals surface area contributed by atoms with Crippen molar-refractivity contribution in [2.75, 3.05) is 11.9 Å². The van der Waals surface area contributed by atoms with E-state index in [1.54, 1.807) is 30.3 Å². The molecule has 0 radical (unpaired) electrons. The van der Waals surface area contributed by atoms with Gasteiger partial charge < -0.3 is 10.1 Å². The minimum absolute atomic E-state index is 0.1000. The first-order valence-electron chi connectivity index (χ1n) is 8.03. The van der Waals surface area contributed by atoms with E-state index in [-0.39, 0.29) is 12.3 Å². The number of nitrogens with one attached hydrogen (secondary N) is 1. The number of nitriles is 1. The second kappa shape index (κ2) is 8.47. The molecule has 0 aliphatic heterocycles. The largest absolute Gasteiger partial charge is 0.484 e. The van der Waals surface area contributed by atoms with Crippen LogP contribution in [0.3, 0.4) is 0 Å². The number of hydrogen-bond donors (Lipinski definition) is 1. The molecule has 0 saturated heterocycles. The lowest BCUT2D eigenvalue weighted by molar-refractivity contribution is -0.118. The highest BCUT2D eigenvalue weighted by molar-refractivity contribution is 9.10. The Kier molecular flexibility index (Phi) is 5.84. The number of benzene rings is 3. The van der Waals surface area contributed by atoms with Gasteiger partial charge in [-0.2, -0.15) is 5.26 Å². The fourth-order valence-electron chi connectivity index (χ4n) is 2.41. The van der Waals surface area contributed by atoms with Gasteiger partial charge in [-0.3, -0.25) is 4.79 Å². The van der Waals surface area contributed by atoms with E-state index in [0.717, 1.165) is 11.1 Å². The van der Waals surface area contributed by atoms with Gasteiger partial charge in [-0.25, -0.2) is 4.39 Å². The van der Waals surface area contributed by atoms with Crippen molar-refractivity contribution >= 4 is 27.5 Å². The van der Waals surface area contributed by atoms with E-state index in [2.05, 4.69) is 27.3 Å². The maximum Gasteiger partial charge on any atom is 0.262 e. The van der Waals surface area contributed by atoms with Gasteiger partial charge in [0.2, 0.25) is 0 Å². The van der Waals surface area contributed by atoms with Crippen LogP contribution in [0, 0.1) is 17.1 Å². The predicted molar refractivity (Wildman–Crippen MR) is 105 cm³/mol. The molecule has 0 heterocycles. The SMILES string of the molecule is N#Cc1ccc(-c2ccc(OCC(=O)Nc3ccc(Br)cc3F)cc2)cc1. The molecule has 3 aromatic carbocycles. The molecule has 0 aliphatic carbocycles. The van der Waals surface area contributed by atoms with Crippen LogP contribution in [0.2, 0.25) is 0 Å². The number of amides is 1. The number of nitrogens with zero attached hydrogens (tertiary/aromatic N) is 1. The Balaban J connectivity index is 1.58. The first kappa shape index (κ1) is 18.6. The molecule has 6 heteroatoms. The van der Waals surface area contributed by atoms with Crippen LogP contribution in [0.1, 0.15) is 5.56 Å². The molecule has 3 aromatic rings. The van der Waals surface area contributed by atoms with Crippen molar-refractivity contribution in [1.29, 1.82) is 5.26 Å². The third-order valence-electron chi connectivity index (χ3n) is 3.78. The zero-order valence-corrected chi connectivity index (χ0v) is 15.7. The average Bonchev–Trinajstić information content (AvgIpc) is 2.69. The second-order valence-corrected chi connectivity index (χ2v) is 6.59. The summed E-state index contributed by atoms with van der Waals surface area (Å²) < 4.78 is 19.8. The number of rotatable bonds is 5. The van der Waals surface area contributed by atoms with Crippen molar-refractivity contribution < 1.29 is 13.9 Å². The fraction of sp³-hybridized carbons (Fsp3) is 0.0476. The zero-order chi connectivity index (χ0) is 19.2. The number of carbonyl (C=O) groups excluding carboxylic acids is 1. The van der Waals surface area contributed by atoms with Crippen LogP contribution in [0.15, 0.2) is 71.2 Å². The van der Waals surface area contributed by atoms with Gasteiger partial charge in [-0.05, 0) is 53.6 Å². The Morgan fingerprint density at radius 3 is 2.26 bits per heavy atom. The number of halogens is 2. The summed E-state index contributed by atoms with van der Waals surface area (Å²) >= 11 is 3.16. The summed E-state index contributed by atoms with van der Waals surface area (Å²) in [4.78, 5) is 11.9. The van der Waals surface area contributed by atoms with E-state index in [4.69, 9.17) is 10.00 Å². The van der Waals surface area contributed by atoms with Crippen LogP contribution in [0.25, 0.3) is 11.1 Å². The molecule has 0 atom stereocenters.